The fraction of sp³-hybridized carbons (Fsp3) is 0.121. The molecule has 204 valence electrons. The molecular formula is C33H28FN5O2. The molecule has 8 heteroatoms. The minimum Gasteiger partial charge on any atom is -0.465 e. The topological polar surface area (TPSA) is 76.0 Å². The summed E-state index contributed by atoms with van der Waals surface area (Å²) in [5.41, 5.74) is 4.72. The largest absolute Gasteiger partial charge is 0.465 e. The van der Waals surface area contributed by atoms with Gasteiger partial charge in [-0.15, -0.1) is 0 Å². The first kappa shape index (κ1) is 26.0. The van der Waals surface area contributed by atoms with Gasteiger partial charge in [0.1, 0.15) is 11.6 Å². The van der Waals surface area contributed by atoms with Gasteiger partial charge in [0.15, 0.2) is 5.82 Å². The summed E-state index contributed by atoms with van der Waals surface area (Å²) in [6.45, 7) is 1.16. The molecule has 6 aromatic rings. The molecule has 0 aliphatic heterocycles. The third-order valence-electron chi connectivity index (χ3n) is 7.12. The average Bonchev–Trinajstić information content (AvgIpc) is 3.63. The van der Waals surface area contributed by atoms with E-state index in [4.69, 9.17) is 9.72 Å². The Hall–Kier alpha value is -5.24. The maximum Gasteiger partial charge on any atom is 0.340 e. The zero-order valence-corrected chi connectivity index (χ0v) is 22.7. The van der Waals surface area contributed by atoms with E-state index < -0.39 is 11.8 Å². The normalized spacial score (nSPS) is 11.1. The number of aromatic nitrogens is 4. The average molecular weight is 546 g/mol. The van der Waals surface area contributed by atoms with Gasteiger partial charge in [0, 0.05) is 60.9 Å². The van der Waals surface area contributed by atoms with Crippen LogP contribution in [0.3, 0.4) is 0 Å². The summed E-state index contributed by atoms with van der Waals surface area (Å²) in [6, 6.07) is 27.1. The molecular weight excluding hydrogens is 517 g/mol. The number of aromatic amines is 1. The molecule has 3 heterocycles. The number of benzene rings is 3. The number of nitrogens with one attached hydrogen (secondary N) is 1. The summed E-state index contributed by atoms with van der Waals surface area (Å²) < 4.78 is 22.5. The standard InChI is InChI=1S/C33H28FN5O2/c1-38-16-15-35-31(38)24-13-14-25(28(34)17-24)29-18-26-27(33(40)41-2)19-36-32(30(26)37-29)39(20-22-9-5-3-6-10-22)21-23-11-7-4-8-12-23/h3-19,37H,20-21H2,1-2H3. The van der Waals surface area contributed by atoms with E-state index in [1.807, 2.05) is 60.3 Å². The maximum absolute atomic E-state index is 15.6. The monoisotopic (exact) mass is 545 g/mol. The number of hydrogen-bond donors (Lipinski definition) is 1. The molecule has 0 aliphatic carbocycles. The Balaban J connectivity index is 1.48. The van der Waals surface area contributed by atoms with Crippen LogP contribution in [0.1, 0.15) is 21.5 Å². The molecule has 3 aromatic heterocycles. The lowest BCUT2D eigenvalue weighted by Crippen LogP contribution is -2.24. The van der Waals surface area contributed by atoms with Gasteiger partial charge in [0.05, 0.1) is 18.2 Å². The number of ether oxygens (including phenoxy) is 1. The van der Waals surface area contributed by atoms with Crippen molar-refractivity contribution >= 4 is 22.7 Å². The van der Waals surface area contributed by atoms with E-state index in [2.05, 4.69) is 39.1 Å². The number of carbonyl (C=O) groups excluding carboxylic acids is 1. The van der Waals surface area contributed by atoms with E-state index in [1.165, 1.54) is 19.4 Å². The van der Waals surface area contributed by atoms with Gasteiger partial charge in [0.25, 0.3) is 0 Å². The molecule has 0 amide bonds. The molecule has 0 saturated carbocycles. The van der Waals surface area contributed by atoms with Crippen LogP contribution in [-0.2, 0) is 24.9 Å². The van der Waals surface area contributed by atoms with Crippen molar-refractivity contribution in [2.75, 3.05) is 12.0 Å². The third kappa shape index (κ3) is 5.19. The fourth-order valence-corrected chi connectivity index (χ4v) is 5.09. The molecule has 0 spiro atoms. The first-order valence-corrected chi connectivity index (χ1v) is 13.2. The quantitative estimate of drug-likeness (QED) is 0.214. The number of hydrogen-bond acceptors (Lipinski definition) is 5. The zero-order valence-electron chi connectivity index (χ0n) is 22.7. The first-order valence-electron chi connectivity index (χ1n) is 13.2. The Morgan fingerprint density at radius 3 is 2.22 bits per heavy atom. The van der Waals surface area contributed by atoms with Crippen molar-refractivity contribution in [1.82, 2.24) is 19.5 Å². The van der Waals surface area contributed by atoms with Crippen molar-refractivity contribution in [2.24, 2.45) is 7.05 Å². The number of pyridine rings is 1. The van der Waals surface area contributed by atoms with Crippen molar-refractivity contribution in [2.45, 2.75) is 13.1 Å². The van der Waals surface area contributed by atoms with Crippen LogP contribution >= 0.6 is 0 Å². The van der Waals surface area contributed by atoms with Crippen LogP contribution in [0.2, 0.25) is 0 Å². The predicted molar refractivity (Wildman–Crippen MR) is 158 cm³/mol. The van der Waals surface area contributed by atoms with E-state index >= 15 is 4.39 Å². The van der Waals surface area contributed by atoms with Gasteiger partial charge in [-0.05, 0) is 29.3 Å². The van der Waals surface area contributed by atoms with Crippen LogP contribution in [-0.4, -0.2) is 32.6 Å². The van der Waals surface area contributed by atoms with E-state index in [-0.39, 0.29) is 0 Å². The number of nitrogens with zero attached hydrogens (tertiary/aromatic N) is 4. The molecule has 6 rings (SSSR count). The molecule has 0 saturated heterocycles. The predicted octanol–water partition coefficient (Wildman–Crippen LogP) is 6.76. The second-order valence-electron chi connectivity index (χ2n) is 9.84. The van der Waals surface area contributed by atoms with Crippen LogP contribution in [0.5, 0.6) is 0 Å². The van der Waals surface area contributed by atoms with Gasteiger partial charge in [-0.1, -0.05) is 66.7 Å². The van der Waals surface area contributed by atoms with Gasteiger partial charge < -0.3 is 19.2 Å². The number of fused-ring (bicyclic) bond motifs is 1. The molecule has 3 aromatic carbocycles. The van der Waals surface area contributed by atoms with Crippen LogP contribution in [0.15, 0.2) is 104 Å². The number of esters is 1. The van der Waals surface area contributed by atoms with Crippen LogP contribution in [0.25, 0.3) is 33.5 Å². The van der Waals surface area contributed by atoms with Gasteiger partial charge >= 0.3 is 5.97 Å². The van der Waals surface area contributed by atoms with Gasteiger partial charge in [0.2, 0.25) is 0 Å². The third-order valence-corrected chi connectivity index (χ3v) is 7.12. The van der Waals surface area contributed by atoms with Crippen LogP contribution in [0.4, 0.5) is 10.2 Å². The first-order chi connectivity index (χ1) is 20.0. The lowest BCUT2D eigenvalue weighted by molar-refractivity contribution is 0.0602. The SMILES string of the molecule is COC(=O)c1cnc(N(Cc2ccccc2)Cc2ccccc2)c2[nH]c(-c3ccc(-c4nccn4C)cc3F)cc12. The highest BCUT2D eigenvalue weighted by molar-refractivity contribution is 6.07. The van der Waals surface area contributed by atoms with Crippen molar-refractivity contribution < 1.29 is 13.9 Å². The van der Waals surface area contributed by atoms with E-state index in [1.54, 1.807) is 18.3 Å². The highest BCUT2D eigenvalue weighted by atomic mass is 19.1. The minimum atomic E-state index is -0.511. The number of anilines is 1. The number of methoxy groups -OCH3 is 1. The summed E-state index contributed by atoms with van der Waals surface area (Å²) in [5.74, 6) is 0.403. The van der Waals surface area contributed by atoms with Crippen molar-refractivity contribution in [3.8, 4) is 22.6 Å². The molecule has 1 N–H and O–H groups in total. The van der Waals surface area contributed by atoms with E-state index in [0.717, 1.165) is 11.1 Å². The highest BCUT2D eigenvalue weighted by Gasteiger charge is 2.22. The van der Waals surface area contributed by atoms with Crippen LogP contribution < -0.4 is 4.90 Å². The molecule has 7 nitrogen and oxygen atoms in total. The molecule has 0 bridgehead atoms. The summed E-state index contributed by atoms with van der Waals surface area (Å²) >= 11 is 0. The molecule has 0 unspecified atom stereocenters. The smallest absolute Gasteiger partial charge is 0.340 e. The van der Waals surface area contributed by atoms with Crippen LogP contribution in [0, 0.1) is 5.82 Å². The fourth-order valence-electron chi connectivity index (χ4n) is 5.09. The number of carbonyl (C=O) groups is 1. The Bertz CT molecular complexity index is 1790. The van der Waals surface area contributed by atoms with Crippen molar-refractivity contribution in [3.63, 3.8) is 0 Å². The lowest BCUT2D eigenvalue weighted by Gasteiger charge is -2.25. The number of halogens is 1. The highest BCUT2D eigenvalue weighted by Crippen LogP contribution is 2.35. The Morgan fingerprint density at radius 1 is 0.951 bits per heavy atom. The Morgan fingerprint density at radius 2 is 1.63 bits per heavy atom. The second-order valence-corrected chi connectivity index (χ2v) is 9.84. The zero-order chi connectivity index (χ0) is 28.3. The van der Waals surface area contributed by atoms with Crippen molar-refractivity contribution in [3.05, 3.63) is 126 Å². The minimum absolute atomic E-state index is 0.304. The number of H-pyrrole nitrogens is 1. The Kier molecular flexibility index (Phi) is 7.04. The number of rotatable bonds is 8. The van der Waals surface area contributed by atoms with E-state index in [9.17, 15) is 4.79 Å². The number of imidazole rings is 1. The second kappa shape index (κ2) is 11.1. The molecule has 0 aliphatic rings. The number of aryl methyl sites for hydroxylation is 1. The van der Waals surface area contributed by atoms with Gasteiger partial charge in [-0.2, -0.15) is 0 Å². The summed E-state index contributed by atoms with van der Waals surface area (Å²) in [6.07, 6.45) is 5.03. The van der Waals surface area contributed by atoms with Gasteiger partial charge in [-0.25, -0.2) is 19.2 Å². The Labute approximate surface area is 236 Å². The molecule has 0 atom stereocenters. The van der Waals surface area contributed by atoms with Crippen molar-refractivity contribution in [1.29, 1.82) is 0 Å². The maximum atomic E-state index is 15.6. The molecule has 0 radical (unpaired) electrons. The molecule has 0 fully saturated rings. The van der Waals surface area contributed by atoms with Gasteiger partial charge in [-0.3, -0.25) is 0 Å². The summed E-state index contributed by atoms with van der Waals surface area (Å²) in [4.78, 5) is 27.3. The van der Waals surface area contributed by atoms with E-state index in [0.29, 0.717) is 58.0 Å². The summed E-state index contributed by atoms with van der Waals surface area (Å²) in [7, 11) is 3.20. The lowest BCUT2D eigenvalue weighted by atomic mass is 10.1. The summed E-state index contributed by atoms with van der Waals surface area (Å²) in [5, 5.41) is 0.607. The molecule has 41 heavy (non-hydrogen) atoms.